The molecule has 0 radical (unpaired) electrons. The minimum absolute atomic E-state index is 0.0144. The van der Waals surface area contributed by atoms with E-state index < -0.39 is 11.5 Å². The summed E-state index contributed by atoms with van der Waals surface area (Å²) in [5.74, 6) is -0.780. The van der Waals surface area contributed by atoms with Gasteiger partial charge in [-0.3, -0.25) is 9.59 Å². The van der Waals surface area contributed by atoms with Crippen LogP contribution >= 0.6 is 11.6 Å². The van der Waals surface area contributed by atoms with Gasteiger partial charge in [-0.25, -0.2) is 0 Å². The molecule has 0 aliphatic heterocycles. The molecule has 1 aliphatic carbocycles. The number of carboxylic acid groups (broad SMARTS) is 1. The predicted molar refractivity (Wildman–Crippen MR) is 76.9 cm³/mol. The van der Waals surface area contributed by atoms with Crippen LogP contribution in [0.3, 0.4) is 0 Å². The fourth-order valence-corrected chi connectivity index (χ4v) is 3.08. The molecule has 2 N–H and O–H groups in total. The standard InChI is InChI=1S/C15H18ClNO3/c16-12-6-2-1-5-11(12)15(17-10-8-14(19)20)9-4-3-7-13(15)18/h1-2,5-6,17H,3-4,7-10H2,(H,19,20). The maximum Gasteiger partial charge on any atom is 0.304 e. The number of hydrogen-bond donors (Lipinski definition) is 2. The van der Waals surface area contributed by atoms with Crippen molar-refractivity contribution < 1.29 is 14.7 Å². The summed E-state index contributed by atoms with van der Waals surface area (Å²) in [6, 6.07) is 7.28. The summed E-state index contributed by atoms with van der Waals surface area (Å²) in [6.07, 6.45) is 2.96. The van der Waals surface area contributed by atoms with Gasteiger partial charge in [-0.1, -0.05) is 36.2 Å². The number of carboxylic acids is 1. The highest BCUT2D eigenvalue weighted by Crippen LogP contribution is 2.37. The maximum atomic E-state index is 12.5. The third kappa shape index (κ3) is 3.02. The molecule has 1 unspecified atom stereocenters. The molecule has 0 spiro atoms. The van der Waals surface area contributed by atoms with Crippen molar-refractivity contribution >= 4 is 23.4 Å². The van der Waals surface area contributed by atoms with Gasteiger partial charge in [0.1, 0.15) is 5.54 Å². The van der Waals surface area contributed by atoms with E-state index in [-0.39, 0.29) is 18.7 Å². The number of halogens is 1. The predicted octanol–water partition coefficient (Wildman–Crippen LogP) is 2.74. The second kappa shape index (κ2) is 6.37. The van der Waals surface area contributed by atoms with Crippen molar-refractivity contribution in [2.75, 3.05) is 6.54 Å². The second-order valence-corrected chi connectivity index (χ2v) is 5.49. The van der Waals surface area contributed by atoms with E-state index in [0.717, 1.165) is 18.4 Å². The first-order chi connectivity index (χ1) is 9.56. The Hall–Kier alpha value is -1.39. The minimum atomic E-state index is -0.880. The van der Waals surface area contributed by atoms with Crippen LogP contribution in [-0.4, -0.2) is 23.4 Å². The lowest BCUT2D eigenvalue weighted by Gasteiger charge is -2.37. The Balaban J connectivity index is 2.31. The molecule has 1 aromatic rings. The van der Waals surface area contributed by atoms with Crippen molar-refractivity contribution in [2.24, 2.45) is 0 Å². The van der Waals surface area contributed by atoms with Crippen molar-refractivity contribution in [3.63, 3.8) is 0 Å². The zero-order valence-corrected chi connectivity index (χ0v) is 11.9. The van der Waals surface area contributed by atoms with Gasteiger partial charge in [0.15, 0.2) is 5.78 Å². The number of nitrogens with one attached hydrogen (secondary N) is 1. The van der Waals surface area contributed by atoms with Gasteiger partial charge in [-0.2, -0.15) is 0 Å². The van der Waals surface area contributed by atoms with Gasteiger partial charge >= 0.3 is 5.97 Å². The maximum absolute atomic E-state index is 12.5. The van der Waals surface area contributed by atoms with Crippen LogP contribution in [0.15, 0.2) is 24.3 Å². The molecule has 1 aliphatic rings. The van der Waals surface area contributed by atoms with Crippen LogP contribution in [0.1, 0.15) is 37.7 Å². The van der Waals surface area contributed by atoms with Gasteiger partial charge in [0, 0.05) is 18.0 Å². The third-order valence-corrected chi connectivity index (χ3v) is 4.11. The number of rotatable bonds is 5. The van der Waals surface area contributed by atoms with Gasteiger partial charge in [0.2, 0.25) is 0 Å². The topological polar surface area (TPSA) is 66.4 Å². The summed E-state index contributed by atoms with van der Waals surface area (Å²) in [6.45, 7) is 0.256. The van der Waals surface area contributed by atoms with E-state index in [9.17, 15) is 9.59 Å². The number of carbonyl (C=O) groups is 2. The smallest absolute Gasteiger partial charge is 0.304 e. The molecule has 4 nitrogen and oxygen atoms in total. The zero-order valence-electron chi connectivity index (χ0n) is 11.2. The quantitative estimate of drug-likeness (QED) is 0.876. The Labute approximate surface area is 123 Å². The lowest BCUT2D eigenvalue weighted by Crippen LogP contribution is -2.51. The van der Waals surface area contributed by atoms with Gasteiger partial charge in [0.05, 0.1) is 6.42 Å². The molecule has 0 bridgehead atoms. The van der Waals surface area contributed by atoms with Crippen LogP contribution in [0.5, 0.6) is 0 Å². The second-order valence-electron chi connectivity index (χ2n) is 5.09. The lowest BCUT2D eigenvalue weighted by molar-refractivity contribution is -0.137. The molecule has 1 fully saturated rings. The van der Waals surface area contributed by atoms with E-state index in [1.54, 1.807) is 6.07 Å². The number of aliphatic carboxylic acids is 1. The van der Waals surface area contributed by atoms with Crippen molar-refractivity contribution in [1.82, 2.24) is 5.32 Å². The summed E-state index contributed by atoms with van der Waals surface area (Å²) in [5, 5.41) is 12.5. The Morgan fingerprint density at radius 1 is 1.35 bits per heavy atom. The van der Waals surface area contributed by atoms with Gasteiger partial charge in [-0.15, -0.1) is 0 Å². The Morgan fingerprint density at radius 3 is 2.75 bits per heavy atom. The zero-order chi connectivity index (χ0) is 14.6. The van der Waals surface area contributed by atoms with Crippen molar-refractivity contribution in [3.8, 4) is 0 Å². The highest BCUT2D eigenvalue weighted by atomic mass is 35.5. The summed E-state index contributed by atoms with van der Waals surface area (Å²) in [5.41, 5.74) is -0.0665. The fourth-order valence-electron chi connectivity index (χ4n) is 2.79. The van der Waals surface area contributed by atoms with Crippen LogP contribution < -0.4 is 5.32 Å². The van der Waals surface area contributed by atoms with Gasteiger partial charge in [-0.05, 0) is 24.5 Å². The Bertz CT molecular complexity index is 518. The first-order valence-corrected chi connectivity index (χ1v) is 7.19. The summed E-state index contributed by atoms with van der Waals surface area (Å²) >= 11 is 6.25. The van der Waals surface area contributed by atoms with E-state index in [1.807, 2.05) is 18.2 Å². The highest BCUT2D eigenvalue weighted by molar-refractivity contribution is 6.31. The summed E-state index contributed by atoms with van der Waals surface area (Å²) < 4.78 is 0. The van der Waals surface area contributed by atoms with Crippen LogP contribution in [0.2, 0.25) is 5.02 Å². The van der Waals surface area contributed by atoms with Crippen LogP contribution in [-0.2, 0) is 15.1 Å². The first-order valence-electron chi connectivity index (χ1n) is 6.81. The lowest BCUT2D eigenvalue weighted by atomic mass is 9.75. The molecule has 1 atom stereocenters. The van der Waals surface area contributed by atoms with Gasteiger partial charge in [0.25, 0.3) is 0 Å². The van der Waals surface area contributed by atoms with Crippen molar-refractivity contribution in [2.45, 2.75) is 37.6 Å². The van der Waals surface area contributed by atoms with E-state index >= 15 is 0 Å². The monoisotopic (exact) mass is 295 g/mol. The highest BCUT2D eigenvalue weighted by Gasteiger charge is 2.42. The molecule has 1 aromatic carbocycles. The molecule has 5 heteroatoms. The largest absolute Gasteiger partial charge is 0.481 e. The van der Waals surface area contributed by atoms with Gasteiger partial charge < -0.3 is 10.4 Å². The number of ketones is 1. The minimum Gasteiger partial charge on any atom is -0.481 e. The number of hydrogen-bond acceptors (Lipinski definition) is 3. The summed E-state index contributed by atoms with van der Waals surface area (Å²) in [7, 11) is 0. The number of benzene rings is 1. The molecular formula is C15H18ClNO3. The molecule has 0 saturated heterocycles. The first kappa shape index (κ1) is 15.0. The molecule has 0 amide bonds. The molecule has 0 aromatic heterocycles. The van der Waals surface area contributed by atoms with Crippen LogP contribution in [0.25, 0.3) is 0 Å². The molecular weight excluding hydrogens is 278 g/mol. The molecule has 2 rings (SSSR count). The fraction of sp³-hybridized carbons (Fsp3) is 0.467. The molecule has 0 heterocycles. The van der Waals surface area contributed by atoms with Crippen molar-refractivity contribution in [3.05, 3.63) is 34.9 Å². The number of Topliss-reactive ketones (excluding diaryl/α,β-unsaturated/α-hetero) is 1. The average molecular weight is 296 g/mol. The molecule has 108 valence electrons. The van der Waals surface area contributed by atoms with Crippen LogP contribution in [0, 0.1) is 0 Å². The van der Waals surface area contributed by atoms with E-state index in [0.29, 0.717) is 17.9 Å². The molecule has 1 saturated carbocycles. The Kier molecular flexibility index (Phi) is 4.78. The van der Waals surface area contributed by atoms with E-state index in [4.69, 9.17) is 16.7 Å². The SMILES string of the molecule is O=C(O)CCNC1(c2ccccc2Cl)CCCCC1=O. The Morgan fingerprint density at radius 2 is 2.10 bits per heavy atom. The molecule has 20 heavy (non-hydrogen) atoms. The number of carbonyl (C=O) groups excluding carboxylic acids is 1. The van der Waals surface area contributed by atoms with Crippen LogP contribution in [0.4, 0.5) is 0 Å². The summed E-state index contributed by atoms with van der Waals surface area (Å²) in [4.78, 5) is 23.2. The average Bonchev–Trinajstić information content (AvgIpc) is 2.41. The normalized spacial score (nSPS) is 22.8. The van der Waals surface area contributed by atoms with E-state index in [1.165, 1.54) is 0 Å². The van der Waals surface area contributed by atoms with E-state index in [2.05, 4.69) is 5.32 Å². The third-order valence-electron chi connectivity index (χ3n) is 3.78. The van der Waals surface area contributed by atoms with Crippen molar-refractivity contribution in [1.29, 1.82) is 0 Å².